The fraction of sp³-hybridized carbons (Fsp3) is 0.333. The molecule has 0 aliphatic heterocycles. The van der Waals surface area contributed by atoms with Crippen LogP contribution in [0, 0.1) is 0 Å². The van der Waals surface area contributed by atoms with Crippen molar-refractivity contribution in [2.75, 3.05) is 6.54 Å². The largest absolute Gasteiger partial charge is 0.347 e. The van der Waals surface area contributed by atoms with E-state index < -0.39 is 0 Å². The lowest BCUT2D eigenvalue weighted by molar-refractivity contribution is 0.830. The summed E-state index contributed by atoms with van der Waals surface area (Å²) in [5, 5.41) is 8.68. The molecule has 5 heteroatoms. The van der Waals surface area contributed by atoms with Crippen molar-refractivity contribution in [2.24, 2.45) is 5.73 Å². The number of fused-ring (bicyclic) bond motifs is 3. The Morgan fingerprint density at radius 1 is 1.25 bits per heavy atom. The summed E-state index contributed by atoms with van der Waals surface area (Å²) in [7, 11) is 0. The van der Waals surface area contributed by atoms with Crippen LogP contribution in [0.5, 0.6) is 0 Å². The molecular weight excluding hydrogens is 252 g/mol. The highest BCUT2D eigenvalue weighted by molar-refractivity contribution is 5.95. The van der Waals surface area contributed by atoms with Gasteiger partial charge in [-0.15, -0.1) is 0 Å². The number of nitrogens with two attached hydrogens (primary N) is 1. The summed E-state index contributed by atoms with van der Waals surface area (Å²) in [6, 6.07) is 7.99. The third-order valence-electron chi connectivity index (χ3n) is 3.15. The van der Waals surface area contributed by atoms with E-state index >= 15 is 0 Å². The van der Waals surface area contributed by atoms with E-state index in [4.69, 9.17) is 5.73 Å². The number of benzene rings is 1. The fourth-order valence-corrected chi connectivity index (χ4v) is 2.29. The van der Waals surface area contributed by atoms with Crippen molar-refractivity contribution in [3.63, 3.8) is 0 Å². The number of nitrogens with zero attached hydrogens (tertiary/aromatic N) is 2. The molecule has 2 aromatic heterocycles. The molecule has 3 rings (SSSR count). The molecule has 0 bridgehead atoms. The van der Waals surface area contributed by atoms with Gasteiger partial charge in [0.1, 0.15) is 0 Å². The van der Waals surface area contributed by atoms with Crippen LogP contribution in [-0.4, -0.2) is 21.1 Å². The highest BCUT2D eigenvalue weighted by Crippen LogP contribution is 2.22. The molecule has 0 saturated heterocycles. The molecule has 0 atom stereocenters. The minimum atomic E-state index is -0.204. The van der Waals surface area contributed by atoms with Crippen LogP contribution in [-0.2, 0) is 6.42 Å². The van der Waals surface area contributed by atoms with Crippen molar-refractivity contribution in [3.05, 3.63) is 46.5 Å². The van der Waals surface area contributed by atoms with E-state index in [2.05, 4.69) is 16.3 Å². The average Bonchev–Trinajstić information content (AvgIpc) is 2.88. The Morgan fingerprint density at radius 3 is 2.65 bits per heavy atom. The van der Waals surface area contributed by atoms with E-state index in [0.717, 1.165) is 29.2 Å². The molecule has 3 N–H and O–H groups in total. The summed E-state index contributed by atoms with van der Waals surface area (Å²) in [6.07, 6.45) is 3.63. The Labute approximate surface area is 117 Å². The molecule has 0 unspecified atom stereocenters. The van der Waals surface area contributed by atoms with Crippen molar-refractivity contribution < 1.29 is 0 Å². The van der Waals surface area contributed by atoms with Gasteiger partial charge in [-0.1, -0.05) is 38.1 Å². The van der Waals surface area contributed by atoms with Gasteiger partial charge in [-0.2, -0.15) is 5.10 Å². The Bertz CT molecular complexity index is 757. The predicted molar refractivity (Wildman–Crippen MR) is 82.0 cm³/mol. The van der Waals surface area contributed by atoms with Crippen molar-refractivity contribution in [1.29, 1.82) is 0 Å². The van der Waals surface area contributed by atoms with Crippen molar-refractivity contribution >= 4 is 16.4 Å². The van der Waals surface area contributed by atoms with Crippen LogP contribution in [0.3, 0.4) is 0 Å². The van der Waals surface area contributed by atoms with Crippen molar-refractivity contribution in [2.45, 2.75) is 26.7 Å². The van der Waals surface area contributed by atoms with Gasteiger partial charge in [-0.25, -0.2) is 14.3 Å². The molecule has 2 heterocycles. The molecule has 3 aromatic rings. The molecule has 0 saturated carbocycles. The van der Waals surface area contributed by atoms with Gasteiger partial charge in [-0.3, -0.25) is 0 Å². The number of aromatic amines is 1. The molecule has 0 spiro atoms. The van der Waals surface area contributed by atoms with E-state index in [-0.39, 0.29) is 5.69 Å². The van der Waals surface area contributed by atoms with Crippen LogP contribution >= 0.6 is 0 Å². The summed E-state index contributed by atoms with van der Waals surface area (Å²) < 4.78 is 1.56. The van der Waals surface area contributed by atoms with Gasteiger partial charge in [0.2, 0.25) is 0 Å². The lowest BCUT2D eigenvalue weighted by Crippen LogP contribution is -2.10. The van der Waals surface area contributed by atoms with E-state index in [0.29, 0.717) is 12.2 Å². The number of pyridine rings is 1. The maximum absolute atomic E-state index is 11.7. The Morgan fingerprint density at radius 2 is 1.95 bits per heavy atom. The summed E-state index contributed by atoms with van der Waals surface area (Å²) in [5.74, 6) is 0. The first-order valence-electron chi connectivity index (χ1n) is 6.98. The van der Waals surface area contributed by atoms with Gasteiger partial charge >= 0.3 is 5.69 Å². The quantitative estimate of drug-likeness (QED) is 0.766. The maximum atomic E-state index is 11.7. The average molecular weight is 272 g/mol. The van der Waals surface area contributed by atoms with Gasteiger partial charge in [-0.05, 0) is 30.3 Å². The number of aromatic nitrogens is 3. The second-order valence-electron chi connectivity index (χ2n) is 4.31. The topological polar surface area (TPSA) is 76.2 Å². The first-order chi connectivity index (χ1) is 9.81. The molecular formula is C15H20N4O. The zero-order valence-corrected chi connectivity index (χ0v) is 11.9. The van der Waals surface area contributed by atoms with Crippen LogP contribution in [0.1, 0.15) is 25.8 Å². The predicted octanol–water partition coefficient (Wildman–Crippen LogP) is 2.09. The molecule has 5 nitrogen and oxygen atoms in total. The minimum absolute atomic E-state index is 0.204. The second kappa shape index (κ2) is 6.34. The van der Waals surface area contributed by atoms with Gasteiger partial charge in [0.05, 0.1) is 0 Å². The minimum Gasteiger partial charge on any atom is -0.330 e. The van der Waals surface area contributed by atoms with Crippen molar-refractivity contribution in [1.82, 2.24) is 14.6 Å². The molecule has 0 aliphatic rings. The Balaban J connectivity index is 0.000000704. The standard InChI is InChI=1S/C13H14N4O.C2H6/c14-7-3-4-9-8-17-12(15-16-13(17)18)11-6-2-1-5-10(9)11;1-2/h1-2,5-6,8H,3-4,7,14H2,(H,16,18);1-2H3. The molecule has 0 fully saturated rings. The van der Waals surface area contributed by atoms with Crippen molar-refractivity contribution in [3.8, 4) is 0 Å². The zero-order valence-electron chi connectivity index (χ0n) is 11.9. The first kappa shape index (κ1) is 14.3. The number of rotatable bonds is 3. The normalized spacial score (nSPS) is 10.6. The molecule has 106 valence electrons. The van der Waals surface area contributed by atoms with Crippen LogP contribution in [0.2, 0.25) is 0 Å². The fourth-order valence-electron chi connectivity index (χ4n) is 2.29. The lowest BCUT2D eigenvalue weighted by atomic mass is 10.0. The van der Waals surface area contributed by atoms with Gasteiger partial charge in [0.25, 0.3) is 0 Å². The highest BCUT2D eigenvalue weighted by atomic mass is 16.1. The zero-order chi connectivity index (χ0) is 14.5. The van der Waals surface area contributed by atoms with Gasteiger partial charge in [0.15, 0.2) is 5.65 Å². The third-order valence-corrected chi connectivity index (χ3v) is 3.15. The van der Waals surface area contributed by atoms with Crippen LogP contribution in [0.4, 0.5) is 0 Å². The van der Waals surface area contributed by atoms with Gasteiger partial charge in [0, 0.05) is 11.6 Å². The molecule has 0 amide bonds. The molecule has 20 heavy (non-hydrogen) atoms. The SMILES string of the molecule is CC.NCCCc1cn2c(=O)[nH]nc2c2ccccc12. The first-order valence-corrected chi connectivity index (χ1v) is 6.98. The van der Waals surface area contributed by atoms with Crippen LogP contribution in [0.25, 0.3) is 16.4 Å². The van der Waals surface area contributed by atoms with Crippen LogP contribution < -0.4 is 11.4 Å². The van der Waals surface area contributed by atoms with E-state index in [1.54, 1.807) is 4.40 Å². The lowest BCUT2D eigenvalue weighted by Gasteiger charge is -2.07. The maximum Gasteiger partial charge on any atom is 0.347 e. The number of hydrogen-bond acceptors (Lipinski definition) is 3. The molecule has 1 aromatic carbocycles. The van der Waals surface area contributed by atoms with Gasteiger partial charge < -0.3 is 5.73 Å². The Hall–Kier alpha value is -2.14. The molecule has 0 aliphatic carbocycles. The summed E-state index contributed by atoms with van der Waals surface area (Å²) in [5.41, 5.74) is 7.16. The van der Waals surface area contributed by atoms with E-state index in [9.17, 15) is 4.79 Å². The Kier molecular flexibility index (Phi) is 4.53. The van der Waals surface area contributed by atoms with E-state index in [1.165, 1.54) is 0 Å². The summed E-state index contributed by atoms with van der Waals surface area (Å²) in [6.45, 7) is 4.65. The summed E-state index contributed by atoms with van der Waals surface area (Å²) >= 11 is 0. The van der Waals surface area contributed by atoms with Crippen LogP contribution in [0.15, 0.2) is 35.3 Å². The second-order valence-corrected chi connectivity index (χ2v) is 4.31. The molecule has 0 radical (unpaired) electrons. The number of hydrogen-bond donors (Lipinski definition) is 2. The highest BCUT2D eigenvalue weighted by Gasteiger charge is 2.09. The number of nitrogens with one attached hydrogen (secondary N) is 1. The third kappa shape index (κ3) is 2.44. The monoisotopic (exact) mass is 272 g/mol. The van der Waals surface area contributed by atoms with E-state index in [1.807, 2.05) is 38.2 Å². The number of aryl methyl sites for hydroxylation is 1. The smallest absolute Gasteiger partial charge is 0.330 e. The number of H-pyrrole nitrogens is 1. The summed E-state index contributed by atoms with van der Waals surface area (Å²) in [4.78, 5) is 11.7.